The fourth-order valence-corrected chi connectivity index (χ4v) is 4.32. The van der Waals surface area contributed by atoms with Gasteiger partial charge >= 0.3 is 0 Å². The molecule has 5 heteroatoms. The monoisotopic (exact) mass is 314 g/mol. The number of fused-ring (bicyclic) bond motifs is 2. The Balaban J connectivity index is 2.10. The highest BCUT2D eigenvalue weighted by Gasteiger charge is 2.34. The van der Waals surface area contributed by atoms with Gasteiger partial charge in [0.15, 0.2) is 0 Å². The third kappa shape index (κ3) is 1.65. The number of halogens is 1. The van der Waals surface area contributed by atoms with E-state index in [2.05, 4.69) is 49.3 Å². The summed E-state index contributed by atoms with van der Waals surface area (Å²) in [5.41, 5.74) is 1.36. The summed E-state index contributed by atoms with van der Waals surface area (Å²) in [4.78, 5) is 2.24. The van der Waals surface area contributed by atoms with Crippen LogP contribution in [0.15, 0.2) is 35.7 Å². The van der Waals surface area contributed by atoms with Gasteiger partial charge < -0.3 is 4.90 Å². The number of nitrogens with zero attached hydrogens (tertiary/aromatic N) is 2. The Hall–Kier alpha value is -0.260. The molecular formula is C11H11BrN2S2. The molecule has 84 valence electrons. The van der Waals surface area contributed by atoms with Crippen molar-refractivity contribution in [3.8, 4) is 0 Å². The molecule has 1 fully saturated rings. The lowest BCUT2D eigenvalue weighted by Gasteiger charge is -2.43. The average Bonchev–Trinajstić information content (AvgIpc) is 2.30. The van der Waals surface area contributed by atoms with Crippen LogP contribution in [0, 0.1) is 0 Å². The van der Waals surface area contributed by atoms with Crippen molar-refractivity contribution in [3.05, 3.63) is 35.7 Å². The van der Waals surface area contributed by atoms with Crippen molar-refractivity contribution in [1.82, 2.24) is 8.83 Å². The van der Waals surface area contributed by atoms with E-state index in [0.29, 0.717) is 5.25 Å². The third-order valence-electron chi connectivity index (χ3n) is 2.91. The van der Waals surface area contributed by atoms with E-state index in [1.165, 1.54) is 11.4 Å². The molecule has 1 unspecified atom stereocenters. The van der Waals surface area contributed by atoms with Crippen molar-refractivity contribution in [1.29, 1.82) is 0 Å². The zero-order valence-corrected chi connectivity index (χ0v) is 11.8. The van der Waals surface area contributed by atoms with Gasteiger partial charge in [-0.2, -0.15) is 0 Å². The Morgan fingerprint density at radius 1 is 1.38 bits per heavy atom. The van der Waals surface area contributed by atoms with Crippen LogP contribution in [0.3, 0.4) is 0 Å². The molecule has 0 saturated carbocycles. The molecule has 2 heterocycles. The molecule has 2 aliphatic heterocycles. The first kappa shape index (κ1) is 10.9. The van der Waals surface area contributed by atoms with Gasteiger partial charge in [-0.25, -0.2) is 0 Å². The minimum absolute atomic E-state index is 0.391. The first-order valence-corrected chi connectivity index (χ1v) is 7.27. The van der Waals surface area contributed by atoms with E-state index < -0.39 is 0 Å². The molecule has 2 nitrogen and oxygen atoms in total. The quantitative estimate of drug-likeness (QED) is 0.500. The maximum absolute atomic E-state index is 5.47. The van der Waals surface area contributed by atoms with Gasteiger partial charge in [0.25, 0.3) is 0 Å². The fourth-order valence-electron chi connectivity index (χ4n) is 2.18. The van der Waals surface area contributed by atoms with Crippen molar-refractivity contribution < 1.29 is 0 Å². The van der Waals surface area contributed by atoms with Gasteiger partial charge in [0.05, 0.1) is 21.4 Å². The third-order valence-corrected chi connectivity index (χ3v) is 5.19. The summed E-state index contributed by atoms with van der Waals surface area (Å²) >= 11 is 10.9. The molecule has 0 amide bonds. The second-order valence-corrected chi connectivity index (χ2v) is 6.55. The highest BCUT2D eigenvalue weighted by Crippen LogP contribution is 2.40. The smallest absolute Gasteiger partial charge is 0.142 e. The molecule has 3 rings (SSSR count). The summed E-state index contributed by atoms with van der Waals surface area (Å²) in [6.07, 6.45) is 9.75. The van der Waals surface area contributed by atoms with Gasteiger partial charge in [-0.15, -0.1) is 0 Å². The SMILES string of the molecule is S=C1SC2C=CC=CC2=C2N(Br)CCCN12. The van der Waals surface area contributed by atoms with Gasteiger partial charge in [-0.05, 0) is 6.42 Å². The van der Waals surface area contributed by atoms with Gasteiger partial charge in [-0.1, -0.05) is 48.3 Å². The highest BCUT2D eigenvalue weighted by atomic mass is 79.9. The Labute approximate surface area is 113 Å². The molecule has 0 bridgehead atoms. The molecular weight excluding hydrogens is 304 g/mol. The number of hydrogen-bond acceptors (Lipinski definition) is 3. The van der Waals surface area contributed by atoms with E-state index >= 15 is 0 Å². The van der Waals surface area contributed by atoms with Crippen molar-refractivity contribution in [2.45, 2.75) is 11.7 Å². The molecule has 0 radical (unpaired) electrons. The summed E-state index contributed by atoms with van der Waals surface area (Å²) in [5, 5.41) is 0.391. The van der Waals surface area contributed by atoms with Crippen LogP contribution >= 0.6 is 40.1 Å². The highest BCUT2D eigenvalue weighted by molar-refractivity contribution is 9.07. The molecule has 1 aliphatic carbocycles. The van der Waals surface area contributed by atoms with Crippen LogP contribution in [0.25, 0.3) is 0 Å². The lowest BCUT2D eigenvalue weighted by Crippen LogP contribution is -2.44. The molecule has 1 atom stereocenters. The van der Waals surface area contributed by atoms with Crippen LogP contribution < -0.4 is 0 Å². The van der Waals surface area contributed by atoms with Gasteiger partial charge in [0.1, 0.15) is 10.1 Å². The molecule has 0 aromatic carbocycles. The minimum atomic E-state index is 0.391. The van der Waals surface area contributed by atoms with Crippen molar-refractivity contribution in [2.75, 3.05) is 13.1 Å². The largest absolute Gasteiger partial charge is 0.313 e. The number of thioether (sulfide) groups is 1. The summed E-state index contributed by atoms with van der Waals surface area (Å²) in [5.74, 6) is 1.24. The van der Waals surface area contributed by atoms with E-state index in [1.807, 2.05) is 0 Å². The molecule has 3 aliphatic rings. The first-order chi connectivity index (χ1) is 7.77. The number of thiocarbonyl (C=S) groups is 1. The summed E-state index contributed by atoms with van der Waals surface area (Å²) < 4.78 is 3.14. The molecule has 0 aromatic rings. The minimum Gasteiger partial charge on any atom is -0.313 e. The Bertz CT molecular complexity index is 428. The van der Waals surface area contributed by atoms with Crippen LogP contribution in [0.1, 0.15) is 6.42 Å². The Morgan fingerprint density at radius 2 is 2.25 bits per heavy atom. The van der Waals surface area contributed by atoms with Crippen molar-refractivity contribution >= 4 is 44.4 Å². The van der Waals surface area contributed by atoms with E-state index in [9.17, 15) is 0 Å². The lowest BCUT2D eigenvalue weighted by atomic mass is 10.1. The topological polar surface area (TPSA) is 6.48 Å². The van der Waals surface area contributed by atoms with Crippen molar-refractivity contribution in [3.63, 3.8) is 0 Å². The molecule has 16 heavy (non-hydrogen) atoms. The second-order valence-electron chi connectivity index (χ2n) is 3.92. The van der Waals surface area contributed by atoms with E-state index in [1.54, 1.807) is 11.8 Å². The predicted octanol–water partition coefficient (Wildman–Crippen LogP) is 3.04. The number of allylic oxidation sites excluding steroid dienone is 3. The maximum atomic E-state index is 5.47. The zero-order valence-electron chi connectivity index (χ0n) is 8.60. The molecule has 0 aromatic heterocycles. The van der Waals surface area contributed by atoms with E-state index in [4.69, 9.17) is 12.2 Å². The van der Waals surface area contributed by atoms with Crippen LogP contribution in [0.5, 0.6) is 0 Å². The number of hydrogen-bond donors (Lipinski definition) is 0. The Morgan fingerprint density at radius 3 is 3.12 bits per heavy atom. The fraction of sp³-hybridized carbons (Fsp3) is 0.364. The van der Waals surface area contributed by atoms with Gasteiger partial charge in [-0.3, -0.25) is 3.93 Å². The van der Waals surface area contributed by atoms with Crippen molar-refractivity contribution in [2.24, 2.45) is 0 Å². The standard InChI is InChI=1S/C11H11BrN2S2/c12-14-7-3-6-13-10(14)8-4-1-2-5-9(8)16-11(13)15/h1-2,4-5,9H,3,6-7H2. The van der Waals surface area contributed by atoms with Crippen LogP contribution in [0.4, 0.5) is 0 Å². The number of rotatable bonds is 0. The van der Waals surface area contributed by atoms with E-state index in [-0.39, 0.29) is 0 Å². The summed E-state index contributed by atoms with van der Waals surface area (Å²) in [6.45, 7) is 2.09. The normalized spacial score (nSPS) is 28.3. The van der Waals surface area contributed by atoms with Gasteiger partial charge in [0, 0.05) is 18.7 Å². The predicted molar refractivity (Wildman–Crippen MR) is 76.2 cm³/mol. The maximum Gasteiger partial charge on any atom is 0.142 e. The van der Waals surface area contributed by atoms with Gasteiger partial charge in [0.2, 0.25) is 0 Å². The average molecular weight is 315 g/mol. The van der Waals surface area contributed by atoms with Crippen LogP contribution in [0.2, 0.25) is 0 Å². The Kier molecular flexibility index (Phi) is 2.85. The van der Waals surface area contributed by atoms with Crippen LogP contribution in [-0.4, -0.2) is 31.5 Å². The summed E-state index contributed by atoms with van der Waals surface area (Å²) in [7, 11) is 0. The van der Waals surface area contributed by atoms with E-state index in [0.717, 1.165) is 23.8 Å². The van der Waals surface area contributed by atoms with Crippen LogP contribution in [-0.2, 0) is 0 Å². The first-order valence-electron chi connectivity index (χ1n) is 5.28. The molecule has 0 spiro atoms. The zero-order chi connectivity index (χ0) is 11.1. The summed E-state index contributed by atoms with van der Waals surface area (Å²) in [6, 6.07) is 0. The molecule has 0 N–H and O–H groups in total. The lowest BCUT2D eigenvalue weighted by molar-refractivity contribution is 0.327. The molecule has 1 saturated heterocycles. The second kappa shape index (κ2) is 4.20.